The molecule has 1 aromatic carbocycles. The first kappa shape index (κ1) is 16.0. The maximum Gasteiger partial charge on any atom is 0.119 e. The van der Waals surface area contributed by atoms with Crippen molar-refractivity contribution in [1.29, 1.82) is 0 Å². The van der Waals surface area contributed by atoms with Crippen LogP contribution in [0.4, 0.5) is 0 Å². The molecule has 0 aromatic heterocycles. The van der Waals surface area contributed by atoms with Gasteiger partial charge in [-0.05, 0) is 24.1 Å². The lowest BCUT2D eigenvalue weighted by molar-refractivity contribution is 0.177. The number of hydrogen-bond donors (Lipinski definition) is 2. The predicted molar refractivity (Wildman–Crippen MR) is 76.7 cm³/mol. The van der Waals surface area contributed by atoms with Gasteiger partial charge < -0.3 is 19.9 Å². The first-order valence-electron chi connectivity index (χ1n) is 6.73. The molecule has 2 N–H and O–H groups in total. The van der Waals surface area contributed by atoms with Gasteiger partial charge in [-0.2, -0.15) is 0 Å². The number of benzene rings is 1. The van der Waals surface area contributed by atoms with Crippen LogP contribution in [0.3, 0.4) is 0 Å². The lowest BCUT2D eigenvalue weighted by Gasteiger charge is -2.19. The zero-order valence-electron chi connectivity index (χ0n) is 12.1. The molecule has 0 heterocycles. The topological polar surface area (TPSA) is 50.7 Å². The summed E-state index contributed by atoms with van der Waals surface area (Å²) in [5.41, 5.74) is 1.23. The summed E-state index contributed by atoms with van der Waals surface area (Å²) < 4.78 is 10.7. The molecular weight excluding hydrogens is 242 g/mol. The minimum Gasteiger partial charge on any atom is -0.492 e. The van der Waals surface area contributed by atoms with Crippen LogP contribution in [0.1, 0.15) is 19.4 Å². The van der Waals surface area contributed by atoms with Crippen LogP contribution in [0.2, 0.25) is 0 Å². The molecule has 0 aliphatic carbocycles. The molecule has 0 fully saturated rings. The van der Waals surface area contributed by atoms with Crippen LogP contribution >= 0.6 is 0 Å². The Balaban J connectivity index is 2.39. The molecule has 1 rings (SSSR count). The second kappa shape index (κ2) is 8.91. The highest BCUT2D eigenvalue weighted by Crippen LogP contribution is 2.13. The Labute approximate surface area is 115 Å². The molecule has 4 nitrogen and oxygen atoms in total. The predicted octanol–water partition coefficient (Wildman–Crippen LogP) is 1.61. The zero-order valence-corrected chi connectivity index (χ0v) is 12.1. The minimum atomic E-state index is -0.0341. The molecular formula is C15H25NO3. The molecule has 0 aliphatic heterocycles. The van der Waals surface area contributed by atoms with Gasteiger partial charge in [0, 0.05) is 13.2 Å². The monoisotopic (exact) mass is 267 g/mol. The Hall–Kier alpha value is -1.10. The molecule has 1 unspecified atom stereocenters. The highest BCUT2D eigenvalue weighted by atomic mass is 16.5. The van der Waals surface area contributed by atoms with E-state index in [0.29, 0.717) is 12.6 Å². The molecule has 0 aliphatic rings. The van der Waals surface area contributed by atoms with Crippen LogP contribution in [-0.4, -0.2) is 44.1 Å². The van der Waals surface area contributed by atoms with Gasteiger partial charge >= 0.3 is 0 Å². The van der Waals surface area contributed by atoms with Crippen molar-refractivity contribution < 1.29 is 14.6 Å². The summed E-state index contributed by atoms with van der Waals surface area (Å²) in [6, 6.07) is 8.28. The van der Waals surface area contributed by atoms with Crippen molar-refractivity contribution in [2.24, 2.45) is 0 Å². The number of nitrogens with one attached hydrogen (secondary N) is 1. The Morgan fingerprint density at radius 2 is 1.89 bits per heavy atom. The van der Waals surface area contributed by atoms with Crippen LogP contribution in [0, 0.1) is 0 Å². The van der Waals surface area contributed by atoms with Crippen molar-refractivity contribution in [1.82, 2.24) is 5.32 Å². The van der Waals surface area contributed by atoms with Gasteiger partial charge in [0.2, 0.25) is 0 Å². The molecule has 0 bridgehead atoms. The van der Waals surface area contributed by atoms with E-state index in [9.17, 15) is 5.11 Å². The minimum absolute atomic E-state index is 0.0341. The van der Waals surface area contributed by atoms with Crippen molar-refractivity contribution in [3.8, 4) is 5.75 Å². The Bertz CT molecular complexity index is 338. The number of ether oxygens (including phenoxy) is 2. The first-order valence-corrected chi connectivity index (χ1v) is 6.73. The van der Waals surface area contributed by atoms with Gasteiger partial charge in [0.25, 0.3) is 0 Å². The highest BCUT2D eigenvalue weighted by Gasteiger charge is 2.09. The summed E-state index contributed by atoms with van der Waals surface area (Å²) >= 11 is 0. The van der Waals surface area contributed by atoms with Crippen LogP contribution in [0.5, 0.6) is 5.75 Å². The van der Waals surface area contributed by atoms with Gasteiger partial charge in [0.1, 0.15) is 12.4 Å². The van der Waals surface area contributed by atoms with E-state index in [0.717, 1.165) is 18.8 Å². The van der Waals surface area contributed by atoms with Crippen LogP contribution in [0.25, 0.3) is 0 Å². The number of rotatable bonds is 9. The Morgan fingerprint density at radius 3 is 2.42 bits per heavy atom. The standard InChI is InChI=1S/C15H25NO3/c1-12(2)16-14(10-17)11-19-15-6-4-13(5-7-15)8-9-18-3/h4-7,12,14,16-17H,8-11H2,1-3H3. The summed E-state index contributed by atoms with van der Waals surface area (Å²) in [4.78, 5) is 0. The molecule has 1 atom stereocenters. The van der Waals surface area contributed by atoms with Crippen LogP contribution in [-0.2, 0) is 11.2 Å². The van der Waals surface area contributed by atoms with Crippen molar-refractivity contribution in [3.05, 3.63) is 29.8 Å². The van der Waals surface area contributed by atoms with Crippen molar-refractivity contribution >= 4 is 0 Å². The molecule has 0 saturated carbocycles. The van der Waals surface area contributed by atoms with E-state index < -0.39 is 0 Å². The van der Waals surface area contributed by atoms with E-state index in [4.69, 9.17) is 9.47 Å². The van der Waals surface area contributed by atoms with E-state index in [1.54, 1.807) is 7.11 Å². The van der Waals surface area contributed by atoms with Crippen LogP contribution < -0.4 is 10.1 Å². The average Bonchev–Trinajstić information content (AvgIpc) is 2.42. The Morgan fingerprint density at radius 1 is 1.21 bits per heavy atom. The third-order valence-electron chi connectivity index (χ3n) is 2.76. The highest BCUT2D eigenvalue weighted by molar-refractivity contribution is 5.27. The summed E-state index contributed by atoms with van der Waals surface area (Å²) in [6.45, 7) is 5.36. The third kappa shape index (κ3) is 6.57. The smallest absolute Gasteiger partial charge is 0.119 e. The van der Waals surface area contributed by atoms with E-state index >= 15 is 0 Å². The SMILES string of the molecule is COCCc1ccc(OCC(CO)NC(C)C)cc1. The lowest BCUT2D eigenvalue weighted by Crippen LogP contribution is -2.41. The summed E-state index contributed by atoms with van der Waals surface area (Å²) in [7, 11) is 1.70. The number of methoxy groups -OCH3 is 1. The maximum atomic E-state index is 9.24. The normalized spacial score (nSPS) is 12.7. The van der Waals surface area contributed by atoms with Crippen molar-refractivity contribution in [2.45, 2.75) is 32.4 Å². The van der Waals surface area contributed by atoms with Gasteiger partial charge in [0.05, 0.1) is 19.3 Å². The first-order chi connectivity index (χ1) is 9.15. The van der Waals surface area contributed by atoms with Crippen molar-refractivity contribution in [3.63, 3.8) is 0 Å². The molecule has 1 aromatic rings. The second-order valence-electron chi connectivity index (χ2n) is 4.90. The summed E-state index contributed by atoms with van der Waals surface area (Å²) in [5.74, 6) is 0.824. The maximum absolute atomic E-state index is 9.24. The van der Waals surface area contributed by atoms with E-state index in [1.807, 2.05) is 38.1 Å². The molecule has 108 valence electrons. The van der Waals surface area contributed by atoms with E-state index in [-0.39, 0.29) is 12.6 Å². The second-order valence-corrected chi connectivity index (χ2v) is 4.90. The quantitative estimate of drug-likeness (QED) is 0.714. The van der Waals surface area contributed by atoms with Crippen molar-refractivity contribution in [2.75, 3.05) is 26.9 Å². The fourth-order valence-electron chi connectivity index (χ4n) is 1.79. The van der Waals surface area contributed by atoms with Gasteiger partial charge in [0.15, 0.2) is 0 Å². The summed E-state index contributed by atoms with van der Waals surface area (Å²) in [5, 5.41) is 12.5. The molecule has 4 heteroatoms. The number of aliphatic hydroxyl groups is 1. The average molecular weight is 267 g/mol. The number of hydrogen-bond acceptors (Lipinski definition) is 4. The number of aliphatic hydroxyl groups excluding tert-OH is 1. The molecule has 0 saturated heterocycles. The largest absolute Gasteiger partial charge is 0.492 e. The summed E-state index contributed by atoms with van der Waals surface area (Å²) in [6.07, 6.45) is 0.908. The van der Waals surface area contributed by atoms with Gasteiger partial charge in [-0.3, -0.25) is 0 Å². The lowest BCUT2D eigenvalue weighted by atomic mass is 10.1. The molecule has 0 spiro atoms. The van der Waals surface area contributed by atoms with E-state index in [1.165, 1.54) is 5.56 Å². The zero-order chi connectivity index (χ0) is 14.1. The van der Waals surface area contributed by atoms with Gasteiger partial charge in [-0.1, -0.05) is 26.0 Å². The van der Waals surface area contributed by atoms with Gasteiger partial charge in [-0.25, -0.2) is 0 Å². The fraction of sp³-hybridized carbons (Fsp3) is 0.600. The molecule has 19 heavy (non-hydrogen) atoms. The molecule has 0 radical (unpaired) electrons. The van der Waals surface area contributed by atoms with E-state index in [2.05, 4.69) is 5.32 Å². The van der Waals surface area contributed by atoms with Crippen LogP contribution in [0.15, 0.2) is 24.3 Å². The third-order valence-corrected chi connectivity index (χ3v) is 2.76. The van der Waals surface area contributed by atoms with Gasteiger partial charge in [-0.15, -0.1) is 0 Å². The fourth-order valence-corrected chi connectivity index (χ4v) is 1.79. The Kier molecular flexibility index (Phi) is 7.48. The molecule has 0 amide bonds.